The number of aromatic nitrogens is 2. The fourth-order valence-corrected chi connectivity index (χ4v) is 2.75. The SMILES string of the molecule is Cc1ccc(CSCCNC(=O)c2cnn(C)c2C)cc1. The number of nitrogens with one attached hydrogen (secondary N) is 1. The second-order valence-electron chi connectivity index (χ2n) is 5.06. The molecule has 5 heteroatoms. The van der Waals surface area contributed by atoms with Crippen LogP contribution in [-0.2, 0) is 12.8 Å². The Hall–Kier alpha value is -1.75. The zero-order valence-corrected chi connectivity index (χ0v) is 13.5. The third-order valence-electron chi connectivity index (χ3n) is 3.40. The van der Waals surface area contributed by atoms with Gasteiger partial charge in [-0.1, -0.05) is 29.8 Å². The number of hydrogen-bond donors (Lipinski definition) is 1. The van der Waals surface area contributed by atoms with Crippen LogP contribution < -0.4 is 5.32 Å². The lowest BCUT2D eigenvalue weighted by Crippen LogP contribution is -2.26. The Morgan fingerprint density at radius 3 is 2.62 bits per heavy atom. The van der Waals surface area contributed by atoms with Crippen molar-refractivity contribution in [3.63, 3.8) is 0 Å². The van der Waals surface area contributed by atoms with E-state index in [4.69, 9.17) is 0 Å². The van der Waals surface area contributed by atoms with Gasteiger partial charge < -0.3 is 5.32 Å². The number of carbonyl (C=O) groups is 1. The summed E-state index contributed by atoms with van der Waals surface area (Å²) in [5, 5.41) is 7.01. The molecule has 0 unspecified atom stereocenters. The van der Waals surface area contributed by atoms with Gasteiger partial charge in [0.15, 0.2) is 0 Å². The molecule has 1 amide bonds. The van der Waals surface area contributed by atoms with Gasteiger partial charge in [-0.05, 0) is 19.4 Å². The van der Waals surface area contributed by atoms with Crippen LogP contribution in [0.15, 0.2) is 30.5 Å². The van der Waals surface area contributed by atoms with E-state index in [9.17, 15) is 4.79 Å². The van der Waals surface area contributed by atoms with Crippen LogP contribution >= 0.6 is 11.8 Å². The number of rotatable bonds is 6. The van der Waals surface area contributed by atoms with Gasteiger partial charge in [-0.25, -0.2) is 0 Å². The summed E-state index contributed by atoms with van der Waals surface area (Å²) in [6, 6.07) is 8.56. The molecule has 112 valence electrons. The van der Waals surface area contributed by atoms with Crippen LogP contribution in [0.2, 0.25) is 0 Å². The smallest absolute Gasteiger partial charge is 0.254 e. The van der Waals surface area contributed by atoms with E-state index in [0.717, 1.165) is 17.2 Å². The summed E-state index contributed by atoms with van der Waals surface area (Å²) in [7, 11) is 1.84. The summed E-state index contributed by atoms with van der Waals surface area (Å²) in [5.41, 5.74) is 4.14. The molecule has 0 aliphatic carbocycles. The van der Waals surface area contributed by atoms with E-state index >= 15 is 0 Å². The van der Waals surface area contributed by atoms with Crippen LogP contribution in [-0.4, -0.2) is 28.0 Å². The van der Waals surface area contributed by atoms with Crippen LogP contribution in [0.3, 0.4) is 0 Å². The number of nitrogens with zero attached hydrogens (tertiary/aromatic N) is 2. The van der Waals surface area contributed by atoms with Gasteiger partial charge in [0.25, 0.3) is 5.91 Å². The lowest BCUT2D eigenvalue weighted by Gasteiger charge is -2.05. The Morgan fingerprint density at radius 1 is 1.29 bits per heavy atom. The minimum absolute atomic E-state index is 0.0449. The van der Waals surface area contributed by atoms with Gasteiger partial charge in [0, 0.05) is 30.8 Å². The molecule has 2 rings (SSSR count). The van der Waals surface area contributed by atoms with Gasteiger partial charge in [0.1, 0.15) is 0 Å². The topological polar surface area (TPSA) is 46.9 Å². The third-order valence-corrected chi connectivity index (χ3v) is 4.43. The Kier molecular flexibility index (Phi) is 5.44. The first-order valence-corrected chi connectivity index (χ1v) is 8.13. The molecule has 0 saturated heterocycles. The van der Waals surface area contributed by atoms with Crippen molar-refractivity contribution in [3.05, 3.63) is 52.8 Å². The van der Waals surface area contributed by atoms with Crippen LogP contribution in [0.25, 0.3) is 0 Å². The van der Waals surface area contributed by atoms with Gasteiger partial charge in [0.2, 0.25) is 0 Å². The predicted octanol–water partition coefficient (Wildman–Crippen LogP) is 2.70. The van der Waals surface area contributed by atoms with Crippen molar-refractivity contribution >= 4 is 17.7 Å². The lowest BCUT2D eigenvalue weighted by atomic mass is 10.2. The predicted molar refractivity (Wildman–Crippen MR) is 87.6 cm³/mol. The second-order valence-corrected chi connectivity index (χ2v) is 6.17. The first kappa shape index (κ1) is 15.6. The van der Waals surface area contributed by atoms with E-state index in [1.165, 1.54) is 11.1 Å². The highest BCUT2D eigenvalue weighted by atomic mass is 32.2. The molecule has 0 radical (unpaired) electrons. The van der Waals surface area contributed by atoms with E-state index < -0.39 is 0 Å². The average Bonchev–Trinajstić information content (AvgIpc) is 2.80. The zero-order valence-electron chi connectivity index (χ0n) is 12.7. The summed E-state index contributed by atoms with van der Waals surface area (Å²) in [4.78, 5) is 12.0. The monoisotopic (exact) mass is 303 g/mol. The maximum atomic E-state index is 12.0. The molecule has 0 atom stereocenters. The van der Waals surface area contributed by atoms with Crippen molar-refractivity contribution in [1.82, 2.24) is 15.1 Å². The van der Waals surface area contributed by atoms with E-state index in [-0.39, 0.29) is 5.91 Å². The molecular weight excluding hydrogens is 282 g/mol. The number of carbonyl (C=O) groups excluding carboxylic acids is 1. The maximum absolute atomic E-state index is 12.0. The Balaban J connectivity index is 1.69. The highest BCUT2D eigenvalue weighted by Crippen LogP contribution is 2.12. The lowest BCUT2D eigenvalue weighted by molar-refractivity contribution is 0.0955. The molecule has 0 aliphatic heterocycles. The quantitative estimate of drug-likeness (QED) is 0.835. The third kappa shape index (κ3) is 4.36. The molecule has 0 aliphatic rings. The van der Waals surface area contributed by atoms with Gasteiger partial charge in [-0.3, -0.25) is 9.48 Å². The normalized spacial score (nSPS) is 10.6. The number of thioether (sulfide) groups is 1. The second kappa shape index (κ2) is 7.31. The molecule has 0 spiro atoms. The highest BCUT2D eigenvalue weighted by molar-refractivity contribution is 7.98. The molecule has 0 saturated carbocycles. The van der Waals surface area contributed by atoms with E-state index in [1.54, 1.807) is 10.9 Å². The molecule has 1 aromatic carbocycles. The first-order valence-electron chi connectivity index (χ1n) is 6.98. The highest BCUT2D eigenvalue weighted by Gasteiger charge is 2.11. The molecule has 0 bridgehead atoms. The molecule has 1 N–H and O–H groups in total. The van der Waals surface area contributed by atoms with Crippen LogP contribution in [0.1, 0.15) is 27.2 Å². The van der Waals surface area contributed by atoms with Crippen LogP contribution in [0.5, 0.6) is 0 Å². The van der Waals surface area contributed by atoms with Gasteiger partial charge in [-0.15, -0.1) is 0 Å². The summed E-state index contributed by atoms with van der Waals surface area (Å²) >= 11 is 1.82. The first-order chi connectivity index (χ1) is 10.1. The number of aryl methyl sites for hydroxylation is 2. The van der Waals surface area contributed by atoms with Crippen molar-refractivity contribution in [3.8, 4) is 0 Å². The maximum Gasteiger partial charge on any atom is 0.254 e. The van der Waals surface area contributed by atoms with Crippen LogP contribution in [0, 0.1) is 13.8 Å². The largest absolute Gasteiger partial charge is 0.351 e. The minimum Gasteiger partial charge on any atom is -0.351 e. The summed E-state index contributed by atoms with van der Waals surface area (Å²) in [6.45, 7) is 4.66. The van der Waals surface area contributed by atoms with Crippen molar-refractivity contribution in [2.24, 2.45) is 7.05 Å². The van der Waals surface area contributed by atoms with E-state index in [1.807, 2.05) is 25.7 Å². The molecular formula is C16H21N3OS. The van der Waals surface area contributed by atoms with Crippen molar-refractivity contribution in [2.45, 2.75) is 19.6 Å². The summed E-state index contributed by atoms with van der Waals surface area (Å²) in [6.07, 6.45) is 1.62. The Morgan fingerprint density at radius 2 is 2.00 bits per heavy atom. The zero-order chi connectivity index (χ0) is 15.2. The molecule has 1 aromatic heterocycles. The van der Waals surface area contributed by atoms with Gasteiger partial charge >= 0.3 is 0 Å². The van der Waals surface area contributed by atoms with E-state index in [0.29, 0.717) is 12.1 Å². The molecule has 0 fully saturated rings. The van der Waals surface area contributed by atoms with Crippen molar-refractivity contribution < 1.29 is 4.79 Å². The molecule has 21 heavy (non-hydrogen) atoms. The molecule has 1 heterocycles. The fourth-order valence-electron chi connectivity index (χ4n) is 1.93. The average molecular weight is 303 g/mol. The number of amides is 1. The van der Waals surface area contributed by atoms with Gasteiger partial charge in [0.05, 0.1) is 11.8 Å². The van der Waals surface area contributed by atoms with Gasteiger partial charge in [-0.2, -0.15) is 16.9 Å². The Labute approximate surface area is 129 Å². The molecule has 2 aromatic rings. The van der Waals surface area contributed by atoms with Crippen molar-refractivity contribution in [1.29, 1.82) is 0 Å². The summed E-state index contributed by atoms with van der Waals surface area (Å²) in [5.74, 6) is 1.83. The Bertz CT molecular complexity index is 604. The van der Waals surface area contributed by atoms with E-state index in [2.05, 4.69) is 41.6 Å². The fraction of sp³-hybridized carbons (Fsp3) is 0.375. The minimum atomic E-state index is -0.0449. The van der Waals surface area contributed by atoms with Crippen LogP contribution in [0.4, 0.5) is 0 Å². The number of benzene rings is 1. The number of hydrogen-bond acceptors (Lipinski definition) is 3. The standard InChI is InChI=1S/C16H21N3OS/c1-12-4-6-14(7-5-12)11-21-9-8-17-16(20)15-10-18-19(3)13(15)2/h4-7,10H,8-9,11H2,1-3H3,(H,17,20). The summed E-state index contributed by atoms with van der Waals surface area (Å²) < 4.78 is 1.71. The van der Waals surface area contributed by atoms with Crippen molar-refractivity contribution in [2.75, 3.05) is 12.3 Å². The molecule has 4 nitrogen and oxygen atoms in total.